The Kier molecular flexibility index (Phi) is 3.71. The van der Waals surface area contributed by atoms with Crippen molar-refractivity contribution in [1.82, 2.24) is 5.16 Å². The van der Waals surface area contributed by atoms with Crippen LogP contribution in [0, 0.1) is 6.92 Å². The number of carboxylic acid groups (broad SMARTS) is 1. The zero-order valence-corrected chi connectivity index (χ0v) is 9.23. The van der Waals surface area contributed by atoms with Gasteiger partial charge in [-0.3, -0.25) is 4.79 Å². The number of hydrogen-bond acceptors (Lipinski definition) is 4. The van der Waals surface area contributed by atoms with Crippen molar-refractivity contribution in [2.75, 3.05) is 11.4 Å². The molecule has 0 saturated carbocycles. The average Bonchev–Trinajstić information content (AvgIpc) is 2.51. The van der Waals surface area contributed by atoms with Gasteiger partial charge >= 0.3 is 5.97 Å². The number of aliphatic carboxylic acids is 1. The molecule has 0 atom stereocenters. The number of rotatable bonds is 5. The molecule has 0 bridgehead atoms. The van der Waals surface area contributed by atoms with E-state index in [1.54, 1.807) is 0 Å². The molecule has 0 unspecified atom stereocenters. The van der Waals surface area contributed by atoms with Gasteiger partial charge in [0.1, 0.15) is 5.76 Å². The van der Waals surface area contributed by atoms with Crippen LogP contribution in [-0.4, -0.2) is 28.8 Å². The number of anilines is 1. The van der Waals surface area contributed by atoms with E-state index in [1.165, 1.54) is 0 Å². The summed E-state index contributed by atoms with van der Waals surface area (Å²) in [5.41, 5.74) is 0. The molecule has 0 aliphatic heterocycles. The number of aryl methyl sites for hydroxylation is 1. The Morgan fingerprint density at radius 2 is 2.33 bits per heavy atom. The number of carbonyl (C=O) groups is 1. The molecule has 0 aliphatic carbocycles. The molecule has 0 aliphatic rings. The van der Waals surface area contributed by atoms with Crippen LogP contribution in [0.1, 0.15) is 26.0 Å². The zero-order chi connectivity index (χ0) is 11.4. The predicted molar refractivity (Wildman–Crippen MR) is 56.0 cm³/mol. The smallest absolute Gasteiger partial charge is 0.305 e. The lowest BCUT2D eigenvalue weighted by molar-refractivity contribution is -0.136. The van der Waals surface area contributed by atoms with Crippen molar-refractivity contribution in [3.63, 3.8) is 0 Å². The standard InChI is InChI=1S/C10H16N2O3/c1-7(2)12(5-4-10(13)14)9-6-8(3)15-11-9/h6-7H,4-5H2,1-3H3,(H,13,14). The van der Waals surface area contributed by atoms with Crippen LogP contribution in [0.2, 0.25) is 0 Å². The van der Waals surface area contributed by atoms with E-state index in [0.29, 0.717) is 12.4 Å². The van der Waals surface area contributed by atoms with E-state index < -0.39 is 5.97 Å². The largest absolute Gasteiger partial charge is 0.481 e. The van der Waals surface area contributed by atoms with Crippen LogP contribution in [-0.2, 0) is 4.79 Å². The first-order valence-corrected chi connectivity index (χ1v) is 4.92. The third-order valence-corrected chi connectivity index (χ3v) is 2.10. The third kappa shape index (κ3) is 3.27. The van der Waals surface area contributed by atoms with Gasteiger partial charge in [0.05, 0.1) is 6.42 Å². The Balaban J connectivity index is 2.70. The first-order chi connectivity index (χ1) is 7.00. The van der Waals surface area contributed by atoms with Crippen LogP contribution < -0.4 is 4.90 Å². The van der Waals surface area contributed by atoms with Gasteiger partial charge in [0.15, 0.2) is 5.82 Å². The van der Waals surface area contributed by atoms with Gasteiger partial charge in [0, 0.05) is 18.7 Å². The summed E-state index contributed by atoms with van der Waals surface area (Å²) in [4.78, 5) is 12.4. The number of aromatic nitrogens is 1. The van der Waals surface area contributed by atoms with E-state index in [1.807, 2.05) is 31.7 Å². The predicted octanol–water partition coefficient (Wildman–Crippen LogP) is 1.67. The van der Waals surface area contributed by atoms with Gasteiger partial charge in [-0.1, -0.05) is 5.16 Å². The molecular weight excluding hydrogens is 196 g/mol. The SMILES string of the molecule is Cc1cc(N(CCC(=O)O)C(C)C)no1. The summed E-state index contributed by atoms with van der Waals surface area (Å²) < 4.78 is 4.96. The highest BCUT2D eigenvalue weighted by molar-refractivity contribution is 5.67. The van der Waals surface area contributed by atoms with Gasteiger partial charge in [0.2, 0.25) is 0 Å². The maximum atomic E-state index is 10.5. The Bertz CT molecular complexity index is 333. The minimum absolute atomic E-state index is 0.101. The van der Waals surface area contributed by atoms with Crippen molar-refractivity contribution in [3.05, 3.63) is 11.8 Å². The summed E-state index contributed by atoms with van der Waals surface area (Å²) in [7, 11) is 0. The molecule has 5 heteroatoms. The van der Waals surface area contributed by atoms with E-state index in [0.717, 1.165) is 5.76 Å². The fourth-order valence-corrected chi connectivity index (χ4v) is 1.34. The summed E-state index contributed by atoms with van der Waals surface area (Å²) in [5, 5.41) is 12.5. The number of nitrogens with zero attached hydrogens (tertiary/aromatic N) is 2. The summed E-state index contributed by atoms with van der Waals surface area (Å²) in [5.74, 6) is 0.621. The van der Waals surface area contributed by atoms with E-state index in [4.69, 9.17) is 9.63 Å². The molecule has 15 heavy (non-hydrogen) atoms. The van der Waals surface area contributed by atoms with Gasteiger partial charge in [-0.2, -0.15) is 0 Å². The molecule has 1 heterocycles. The molecule has 1 aromatic heterocycles. The van der Waals surface area contributed by atoms with Crippen molar-refractivity contribution in [3.8, 4) is 0 Å². The highest BCUT2D eigenvalue weighted by Crippen LogP contribution is 2.16. The van der Waals surface area contributed by atoms with E-state index >= 15 is 0 Å². The lowest BCUT2D eigenvalue weighted by atomic mass is 10.3. The second kappa shape index (κ2) is 4.82. The van der Waals surface area contributed by atoms with Crippen molar-refractivity contribution < 1.29 is 14.4 Å². The normalized spacial score (nSPS) is 10.7. The molecule has 84 valence electrons. The molecule has 1 rings (SSSR count). The topological polar surface area (TPSA) is 66.6 Å². The Morgan fingerprint density at radius 3 is 2.73 bits per heavy atom. The first-order valence-electron chi connectivity index (χ1n) is 4.92. The summed E-state index contributed by atoms with van der Waals surface area (Å²) in [6.45, 7) is 6.24. The number of hydrogen-bond donors (Lipinski definition) is 1. The van der Waals surface area contributed by atoms with Gasteiger partial charge < -0.3 is 14.5 Å². The number of carboxylic acids is 1. The van der Waals surface area contributed by atoms with E-state index in [2.05, 4.69) is 5.16 Å². The van der Waals surface area contributed by atoms with Gasteiger partial charge in [-0.25, -0.2) is 0 Å². The lowest BCUT2D eigenvalue weighted by Crippen LogP contribution is -2.33. The maximum absolute atomic E-state index is 10.5. The third-order valence-electron chi connectivity index (χ3n) is 2.10. The highest BCUT2D eigenvalue weighted by atomic mass is 16.5. The van der Waals surface area contributed by atoms with Crippen molar-refractivity contribution >= 4 is 11.8 Å². The van der Waals surface area contributed by atoms with Crippen LogP contribution in [0.5, 0.6) is 0 Å². The molecule has 0 radical (unpaired) electrons. The minimum atomic E-state index is -0.805. The maximum Gasteiger partial charge on any atom is 0.305 e. The van der Waals surface area contributed by atoms with E-state index in [-0.39, 0.29) is 12.5 Å². The van der Waals surface area contributed by atoms with Crippen molar-refractivity contribution in [2.45, 2.75) is 33.2 Å². The van der Waals surface area contributed by atoms with Gasteiger partial charge in [-0.05, 0) is 20.8 Å². The lowest BCUT2D eigenvalue weighted by Gasteiger charge is -2.24. The molecule has 0 amide bonds. The molecule has 0 spiro atoms. The van der Waals surface area contributed by atoms with Crippen molar-refractivity contribution in [1.29, 1.82) is 0 Å². The molecule has 1 aromatic rings. The Hall–Kier alpha value is -1.52. The molecule has 1 N–H and O–H groups in total. The fraction of sp³-hybridized carbons (Fsp3) is 0.600. The summed E-state index contributed by atoms with van der Waals surface area (Å²) in [6, 6.07) is 2.01. The Labute approximate surface area is 88.7 Å². The van der Waals surface area contributed by atoms with Gasteiger partial charge in [-0.15, -0.1) is 0 Å². The summed E-state index contributed by atoms with van der Waals surface area (Å²) >= 11 is 0. The van der Waals surface area contributed by atoms with Crippen LogP contribution in [0.25, 0.3) is 0 Å². The van der Waals surface area contributed by atoms with Crippen molar-refractivity contribution in [2.24, 2.45) is 0 Å². The monoisotopic (exact) mass is 212 g/mol. The highest BCUT2D eigenvalue weighted by Gasteiger charge is 2.15. The quantitative estimate of drug-likeness (QED) is 0.804. The van der Waals surface area contributed by atoms with Gasteiger partial charge in [0.25, 0.3) is 0 Å². The van der Waals surface area contributed by atoms with Crippen LogP contribution in [0.15, 0.2) is 10.6 Å². The minimum Gasteiger partial charge on any atom is -0.481 e. The first kappa shape index (κ1) is 11.6. The zero-order valence-electron chi connectivity index (χ0n) is 9.23. The Morgan fingerprint density at radius 1 is 1.67 bits per heavy atom. The molecule has 0 saturated heterocycles. The van der Waals surface area contributed by atoms with E-state index in [9.17, 15) is 4.79 Å². The molecule has 5 nitrogen and oxygen atoms in total. The molecular formula is C10H16N2O3. The second-order valence-electron chi connectivity index (χ2n) is 3.73. The average molecular weight is 212 g/mol. The van der Waals surface area contributed by atoms with Crippen LogP contribution in [0.3, 0.4) is 0 Å². The second-order valence-corrected chi connectivity index (χ2v) is 3.73. The molecule has 0 aromatic carbocycles. The fourth-order valence-electron chi connectivity index (χ4n) is 1.34. The van der Waals surface area contributed by atoms with Crippen LogP contribution in [0.4, 0.5) is 5.82 Å². The van der Waals surface area contributed by atoms with Crippen LogP contribution >= 0.6 is 0 Å². The molecule has 0 fully saturated rings. The summed E-state index contributed by atoms with van der Waals surface area (Å²) in [6.07, 6.45) is 0.101.